The van der Waals surface area contributed by atoms with Gasteiger partial charge in [-0.15, -0.1) is 10.2 Å². The van der Waals surface area contributed by atoms with Crippen LogP contribution in [0.1, 0.15) is 17.8 Å². The van der Waals surface area contributed by atoms with Gasteiger partial charge in [-0.05, 0) is 55.3 Å². The lowest BCUT2D eigenvalue weighted by atomic mass is 10.2. The molecule has 0 spiro atoms. The predicted molar refractivity (Wildman–Crippen MR) is 127 cm³/mol. The highest BCUT2D eigenvalue weighted by atomic mass is 35.5. The van der Waals surface area contributed by atoms with E-state index in [1.54, 1.807) is 7.11 Å². The van der Waals surface area contributed by atoms with E-state index >= 15 is 0 Å². The number of aromatic nitrogens is 3. The molecule has 172 valence electrons. The van der Waals surface area contributed by atoms with Crippen LogP contribution in [-0.2, 0) is 16.6 Å². The summed E-state index contributed by atoms with van der Waals surface area (Å²) in [5.74, 6) is 2.72. The van der Waals surface area contributed by atoms with Crippen molar-refractivity contribution in [2.75, 3.05) is 25.7 Å². The number of hydrogen-bond acceptors (Lipinski definition) is 7. The molecule has 0 saturated heterocycles. The zero-order valence-corrected chi connectivity index (χ0v) is 20.4. The highest BCUT2D eigenvalue weighted by Gasteiger charge is 2.16. The maximum absolute atomic E-state index is 11.2. The normalized spacial score (nSPS) is 11.5. The van der Waals surface area contributed by atoms with Gasteiger partial charge in [-0.2, -0.15) is 0 Å². The van der Waals surface area contributed by atoms with E-state index < -0.39 is 10.0 Å². The molecular weight excluding hydrogens is 472 g/mol. The number of halogens is 1. The zero-order chi connectivity index (χ0) is 23.1. The zero-order valence-electron chi connectivity index (χ0n) is 18.0. The smallest absolute Gasteiger partial charge is 0.208 e. The Morgan fingerprint density at radius 2 is 1.84 bits per heavy atom. The van der Waals surface area contributed by atoms with Crippen molar-refractivity contribution >= 4 is 33.4 Å². The average Bonchev–Trinajstić information content (AvgIpc) is 3.16. The number of hydrogen-bond donors (Lipinski definition) is 1. The second-order valence-electron chi connectivity index (χ2n) is 7.00. The van der Waals surface area contributed by atoms with Crippen LogP contribution in [0.2, 0.25) is 5.02 Å². The van der Waals surface area contributed by atoms with Crippen LogP contribution in [0.5, 0.6) is 11.5 Å². The van der Waals surface area contributed by atoms with Gasteiger partial charge in [-0.3, -0.25) is 4.57 Å². The summed E-state index contributed by atoms with van der Waals surface area (Å²) in [5.41, 5.74) is 1.80. The number of nitrogens with zero attached hydrogens (tertiary/aromatic N) is 3. The summed E-state index contributed by atoms with van der Waals surface area (Å²) in [7, 11) is -1.58. The molecule has 8 nitrogen and oxygen atoms in total. The van der Waals surface area contributed by atoms with Gasteiger partial charge in [0.25, 0.3) is 0 Å². The summed E-state index contributed by atoms with van der Waals surface area (Å²) in [6, 6.07) is 13.1. The SMILES string of the molecule is COc1ccc(OCc2nnc(SCCCNS(C)(=O)=O)n2-c2ccc(C)c(Cl)c2)cc1. The summed E-state index contributed by atoms with van der Waals surface area (Å²) in [4.78, 5) is 0. The van der Waals surface area contributed by atoms with E-state index in [0.29, 0.717) is 40.5 Å². The third-order valence-corrected chi connectivity index (χ3v) is 6.61. The number of methoxy groups -OCH3 is 1. The van der Waals surface area contributed by atoms with E-state index in [1.807, 2.05) is 54.0 Å². The van der Waals surface area contributed by atoms with Gasteiger partial charge in [0, 0.05) is 17.3 Å². The molecule has 0 saturated carbocycles. The first-order chi connectivity index (χ1) is 15.3. The van der Waals surface area contributed by atoms with Gasteiger partial charge in [0.15, 0.2) is 11.0 Å². The number of aryl methyl sites for hydroxylation is 1. The molecule has 0 aliphatic rings. The Kier molecular flexibility index (Phi) is 8.41. The predicted octanol–water partition coefficient (Wildman–Crippen LogP) is 3.85. The van der Waals surface area contributed by atoms with Crippen molar-refractivity contribution in [3.8, 4) is 17.2 Å². The van der Waals surface area contributed by atoms with Crippen LogP contribution < -0.4 is 14.2 Å². The van der Waals surface area contributed by atoms with Crippen LogP contribution in [0.15, 0.2) is 47.6 Å². The second-order valence-corrected chi connectivity index (χ2v) is 10.3. The van der Waals surface area contributed by atoms with E-state index in [-0.39, 0.29) is 6.61 Å². The molecular formula is C21H25ClN4O4S2. The number of sulfonamides is 1. The molecule has 11 heteroatoms. The van der Waals surface area contributed by atoms with E-state index in [1.165, 1.54) is 11.8 Å². The maximum atomic E-state index is 11.2. The van der Waals surface area contributed by atoms with Gasteiger partial charge in [0.1, 0.15) is 18.1 Å². The molecule has 0 radical (unpaired) electrons. The van der Waals surface area contributed by atoms with Gasteiger partial charge >= 0.3 is 0 Å². The first-order valence-electron chi connectivity index (χ1n) is 9.82. The minimum Gasteiger partial charge on any atom is -0.497 e. The van der Waals surface area contributed by atoms with Crippen molar-refractivity contribution in [3.63, 3.8) is 0 Å². The summed E-state index contributed by atoms with van der Waals surface area (Å²) < 4.78 is 37.9. The third-order valence-electron chi connectivity index (χ3n) is 4.46. The largest absolute Gasteiger partial charge is 0.497 e. The Balaban J connectivity index is 1.77. The Morgan fingerprint density at radius 3 is 2.50 bits per heavy atom. The van der Waals surface area contributed by atoms with Crippen molar-refractivity contribution in [3.05, 3.63) is 58.9 Å². The average molecular weight is 497 g/mol. The fourth-order valence-corrected chi connectivity index (χ4v) is 4.38. The third kappa shape index (κ3) is 6.86. The van der Waals surface area contributed by atoms with Gasteiger partial charge in [-0.25, -0.2) is 13.1 Å². The monoisotopic (exact) mass is 496 g/mol. The number of thioether (sulfide) groups is 1. The lowest BCUT2D eigenvalue weighted by Crippen LogP contribution is -2.23. The Labute approximate surface area is 197 Å². The highest BCUT2D eigenvalue weighted by molar-refractivity contribution is 7.99. The quantitative estimate of drug-likeness (QED) is 0.318. The molecule has 1 heterocycles. The summed E-state index contributed by atoms with van der Waals surface area (Å²) >= 11 is 7.85. The van der Waals surface area contributed by atoms with Gasteiger partial charge in [0.2, 0.25) is 10.0 Å². The molecule has 0 unspecified atom stereocenters. The topological polar surface area (TPSA) is 95.3 Å². The molecule has 0 atom stereocenters. The van der Waals surface area contributed by atoms with Crippen LogP contribution in [0.25, 0.3) is 5.69 Å². The van der Waals surface area contributed by atoms with E-state index in [4.69, 9.17) is 21.1 Å². The minimum absolute atomic E-state index is 0.209. The molecule has 2 aromatic carbocycles. The van der Waals surface area contributed by atoms with Crippen LogP contribution >= 0.6 is 23.4 Å². The molecule has 0 bridgehead atoms. The molecule has 0 aliphatic heterocycles. The number of ether oxygens (including phenoxy) is 2. The van der Waals surface area contributed by atoms with Crippen molar-refractivity contribution in [2.45, 2.75) is 25.1 Å². The molecule has 1 aromatic heterocycles. The molecule has 0 amide bonds. The van der Waals surface area contributed by atoms with E-state index in [9.17, 15) is 8.42 Å². The highest BCUT2D eigenvalue weighted by Crippen LogP contribution is 2.27. The minimum atomic E-state index is -3.19. The van der Waals surface area contributed by atoms with Crippen molar-refractivity contribution in [2.24, 2.45) is 0 Å². The van der Waals surface area contributed by atoms with Crippen LogP contribution in [-0.4, -0.2) is 48.8 Å². The fraction of sp³-hybridized carbons (Fsp3) is 0.333. The number of benzene rings is 2. The lowest BCUT2D eigenvalue weighted by Gasteiger charge is -2.12. The molecule has 0 fully saturated rings. The first-order valence-corrected chi connectivity index (χ1v) is 13.1. The van der Waals surface area contributed by atoms with Crippen molar-refractivity contribution in [1.29, 1.82) is 0 Å². The molecule has 3 aromatic rings. The van der Waals surface area contributed by atoms with E-state index in [0.717, 1.165) is 23.3 Å². The molecule has 0 aliphatic carbocycles. The van der Waals surface area contributed by atoms with Crippen LogP contribution in [0.4, 0.5) is 0 Å². The van der Waals surface area contributed by atoms with Gasteiger partial charge < -0.3 is 9.47 Å². The molecule has 3 rings (SSSR count). The summed E-state index contributed by atoms with van der Waals surface area (Å²) in [6.07, 6.45) is 1.80. The Bertz CT molecular complexity index is 1150. The van der Waals surface area contributed by atoms with Crippen LogP contribution in [0.3, 0.4) is 0 Å². The maximum Gasteiger partial charge on any atom is 0.208 e. The summed E-state index contributed by atoms with van der Waals surface area (Å²) in [6.45, 7) is 2.52. The summed E-state index contributed by atoms with van der Waals surface area (Å²) in [5, 5.41) is 9.97. The van der Waals surface area contributed by atoms with Gasteiger partial charge in [-0.1, -0.05) is 29.4 Å². The van der Waals surface area contributed by atoms with Crippen molar-refractivity contribution in [1.82, 2.24) is 19.5 Å². The lowest BCUT2D eigenvalue weighted by molar-refractivity contribution is 0.292. The Hall–Kier alpha value is -2.27. The number of nitrogens with one attached hydrogen (secondary N) is 1. The van der Waals surface area contributed by atoms with Crippen molar-refractivity contribution < 1.29 is 17.9 Å². The standard InChI is InChI=1S/C21H25ClN4O4S2/c1-15-5-6-16(13-19(15)22)26-20(14-30-18-9-7-17(29-2)8-10-18)24-25-21(26)31-12-4-11-23-32(3,27)28/h5-10,13,23H,4,11-12,14H2,1-3H3. The second kappa shape index (κ2) is 11.0. The molecule has 32 heavy (non-hydrogen) atoms. The molecule has 1 N–H and O–H groups in total. The fourth-order valence-electron chi connectivity index (χ4n) is 2.78. The Morgan fingerprint density at radius 1 is 1.12 bits per heavy atom. The number of rotatable bonds is 11. The first kappa shape index (κ1) is 24.4. The van der Waals surface area contributed by atoms with E-state index in [2.05, 4.69) is 14.9 Å². The van der Waals surface area contributed by atoms with Crippen LogP contribution in [0, 0.1) is 6.92 Å². The van der Waals surface area contributed by atoms with Gasteiger partial charge in [0.05, 0.1) is 19.1 Å².